The molecule has 3 N–H and O–H groups in total. The molecule has 0 bridgehead atoms. The highest BCUT2D eigenvalue weighted by molar-refractivity contribution is 5.77. The van der Waals surface area contributed by atoms with Crippen molar-refractivity contribution in [2.24, 2.45) is 10.7 Å². The lowest BCUT2D eigenvalue weighted by Crippen LogP contribution is -2.31. The number of hydrogen-bond acceptors (Lipinski definition) is 5. The molecule has 25 heavy (non-hydrogen) atoms. The van der Waals surface area contributed by atoms with Crippen LogP contribution in [0.4, 0.5) is 5.69 Å². The van der Waals surface area contributed by atoms with Gasteiger partial charge in [0.05, 0.1) is 25.7 Å². The fraction of sp³-hybridized carbons (Fsp3) is 0.235. The smallest absolute Gasteiger partial charge is 0.274 e. The van der Waals surface area contributed by atoms with Crippen LogP contribution in [0.15, 0.2) is 47.5 Å². The number of aliphatic imine (C=N–C) groups is 1. The molecule has 2 rings (SSSR count). The second-order valence-electron chi connectivity index (χ2n) is 5.13. The Hall–Kier alpha value is -3.29. The van der Waals surface area contributed by atoms with Gasteiger partial charge in [0.1, 0.15) is 0 Å². The van der Waals surface area contributed by atoms with Crippen molar-refractivity contribution in [1.82, 2.24) is 5.32 Å². The molecule has 0 amide bonds. The molecule has 0 atom stereocenters. The summed E-state index contributed by atoms with van der Waals surface area (Å²) in [5, 5.41) is 13.9. The minimum absolute atomic E-state index is 0.0442. The van der Waals surface area contributed by atoms with Crippen LogP contribution in [-0.4, -0.2) is 25.1 Å². The van der Waals surface area contributed by atoms with Crippen molar-refractivity contribution >= 4 is 11.6 Å². The van der Waals surface area contributed by atoms with Crippen molar-refractivity contribution in [3.8, 4) is 11.5 Å². The summed E-state index contributed by atoms with van der Waals surface area (Å²) in [7, 11) is 3.13. The standard InChI is InChI=1S/C17H20N4O4/c1-24-15-8-7-12(9-16(15)25-2)10-19-17(18)20-11-13-5-3-4-6-14(13)21(22)23/h3-9H,10-11H2,1-2H3,(H3,18,19,20). The molecular formula is C17H20N4O4. The Labute approximate surface area is 145 Å². The van der Waals surface area contributed by atoms with Gasteiger partial charge in [-0.05, 0) is 17.7 Å². The number of para-hydroxylation sites is 1. The Morgan fingerprint density at radius 3 is 2.60 bits per heavy atom. The van der Waals surface area contributed by atoms with E-state index in [2.05, 4.69) is 10.3 Å². The summed E-state index contributed by atoms with van der Waals surface area (Å²) in [5.74, 6) is 1.45. The Kier molecular flexibility index (Phi) is 6.16. The van der Waals surface area contributed by atoms with Crippen LogP contribution >= 0.6 is 0 Å². The number of methoxy groups -OCH3 is 2. The van der Waals surface area contributed by atoms with Gasteiger partial charge >= 0.3 is 0 Å². The number of hydrogen-bond donors (Lipinski definition) is 2. The van der Waals surface area contributed by atoms with Gasteiger partial charge < -0.3 is 20.5 Å². The molecule has 0 aliphatic rings. The van der Waals surface area contributed by atoms with E-state index in [4.69, 9.17) is 15.2 Å². The van der Waals surface area contributed by atoms with Gasteiger partial charge in [-0.1, -0.05) is 24.3 Å². The van der Waals surface area contributed by atoms with Gasteiger partial charge in [-0.2, -0.15) is 0 Å². The van der Waals surface area contributed by atoms with Gasteiger partial charge in [-0.15, -0.1) is 0 Å². The summed E-state index contributed by atoms with van der Waals surface area (Å²) in [6.45, 7) is 0.564. The average Bonchev–Trinajstić information content (AvgIpc) is 2.64. The lowest BCUT2D eigenvalue weighted by Gasteiger charge is -2.09. The van der Waals surface area contributed by atoms with Crippen molar-refractivity contribution in [2.45, 2.75) is 13.1 Å². The molecule has 8 heteroatoms. The lowest BCUT2D eigenvalue weighted by atomic mass is 10.2. The number of nitro benzene ring substituents is 1. The second-order valence-corrected chi connectivity index (χ2v) is 5.13. The third-order valence-corrected chi connectivity index (χ3v) is 3.53. The van der Waals surface area contributed by atoms with Crippen LogP contribution in [0.25, 0.3) is 0 Å². The van der Waals surface area contributed by atoms with Crippen LogP contribution in [-0.2, 0) is 13.1 Å². The van der Waals surface area contributed by atoms with Crippen LogP contribution < -0.4 is 20.5 Å². The molecular weight excluding hydrogens is 324 g/mol. The molecule has 8 nitrogen and oxygen atoms in total. The SMILES string of the molecule is COc1ccc(CN=C(N)NCc2ccccc2[N+](=O)[O-])cc1OC. The molecule has 2 aromatic carbocycles. The first-order chi connectivity index (χ1) is 12.0. The topological polar surface area (TPSA) is 112 Å². The third-order valence-electron chi connectivity index (χ3n) is 3.53. The van der Waals surface area contributed by atoms with Gasteiger partial charge in [-0.3, -0.25) is 10.1 Å². The first-order valence-corrected chi connectivity index (χ1v) is 7.52. The molecule has 0 saturated carbocycles. The van der Waals surface area contributed by atoms with E-state index in [-0.39, 0.29) is 18.2 Å². The van der Waals surface area contributed by atoms with Gasteiger partial charge in [0, 0.05) is 18.2 Å². The van der Waals surface area contributed by atoms with E-state index >= 15 is 0 Å². The maximum Gasteiger partial charge on any atom is 0.274 e. The van der Waals surface area contributed by atoms with E-state index < -0.39 is 4.92 Å². The van der Waals surface area contributed by atoms with E-state index in [9.17, 15) is 10.1 Å². The average molecular weight is 344 g/mol. The largest absolute Gasteiger partial charge is 0.493 e. The van der Waals surface area contributed by atoms with E-state index in [1.54, 1.807) is 38.5 Å². The zero-order valence-corrected chi connectivity index (χ0v) is 14.1. The lowest BCUT2D eigenvalue weighted by molar-refractivity contribution is -0.385. The molecule has 0 saturated heterocycles. The van der Waals surface area contributed by atoms with Crippen LogP contribution in [0.2, 0.25) is 0 Å². The number of nitrogens with two attached hydrogens (primary N) is 1. The zero-order chi connectivity index (χ0) is 18.2. The number of nitro groups is 1. The highest BCUT2D eigenvalue weighted by atomic mass is 16.6. The highest BCUT2D eigenvalue weighted by Gasteiger charge is 2.11. The van der Waals surface area contributed by atoms with Crippen molar-refractivity contribution in [1.29, 1.82) is 0 Å². The zero-order valence-electron chi connectivity index (χ0n) is 14.1. The molecule has 0 aliphatic heterocycles. The van der Waals surface area contributed by atoms with Crippen molar-refractivity contribution in [3.05, 3.63) is 63.7 Å². The first kappa shape index (κ1) is 18.1. The van der Waals surface area contributed by atoms with Crippen LogP contribution in [0.5, 0.6) is 11.5 Å². The molecule has 0 fully saturated rings. The quantitative estimate of drug-likeness (QED) is 0.345. The van der Waals surface area contributed by atoms with Crippen LogP contribution in [0.3, 0.4) is 0 Å². The van der Waals surface area contributed by atoms with E-state index in [0.29, 0.717) is 23.6 Å². The molecule has 0 unspecified atom stereocenters. The van der Waals surface area contributed by atoms with Gasteiger partial charge in [0.15, 0.2) is 17.5 Å². The number of benzene rings is 2. The first-order valence-electron chi connectivity index (χ1n) is 7.52. The molecule has 0 aliphatic carbocycles. The number of rotatable bonds is 7. The van der Waals surface area contributed by atoms with Gasteiger partial charge in [-0.25, -0.2) is 4.99 Å². The number of nitrogens with one attached hydrogen (secondary N) is 1. The maximum atomic E-state index is 11.0. The number of nitrogens with zero attached hydrogens (tertiary/aromatic N) is 2. The van der Waals surface area contributed by atoms with Crippen molar-refractivity contribution < 1.29 is 14.4 Å². The molecule has 0 spiro atoms. The predicted octanol–water partition coefficient (Wildman–Crippen LogP) is 2.22. The van der Waals surface area contributed by atoms with Gasteiger partial charge in [0.25, 0.3) is 5.69 Å². The number of guanidine groups is 1. The summed E-state index contributed by atoms with van der Waals surface area (Å²) in [6, 6.07) is 12.0. The molecule has 0 radical (unpaired) electrons. The Morgan fingerprint density at radius 1 is 1.20 bits per heavy atom. The second kappa shape index (κ2) is 8.53. The Morgan fingerprint density at radius 2 is 1.92 bits per heavy atom. The van der Waals surface area contributed by atoms with E-state index in [1.165, 1.54) is 6.07 Å². The molecule has 0 heterocycles. The molecule has 132 valence electrons. The number of ether oxygens (including phenoxy) is 2. The Balaban J connectivity index is 2.00. The summed E-state index contributed by atoms with van der Waals surface area (Å²) in [6.07, 6.45) is 0. The minimum atomic E-state index is -0.423. The fourth-order valence-corrected chi connectivity index (χ4v) is 2.24. The van der Waals surface area contributed by atoms with Crippen molar-refractivity contribution in [3.63, 3.8) is 0 Å². The van der Waals surface area contributed by atoms with E-state index in [1.807, 2.05) is 12.1 Å². The maximum absolute atomic E-state index is 11.0. The normalized spacial score (nSPS) is 11.0. The van der Waals surface area contributed by atoms with Crippen molar-refractivity contribution in [2.75, 3.05) is 14.2 Å². The third kappa shape index (κ3) is 4.84. The fourth-order valence-electron chi connectivity index (χ4n) is 2.24. The monoisotopic (exact) mass is 344 g/mol. The minimum Gasteiger partial charge on any atom is -0.493 e. The highest BCUT2D eigenvalue weighted by Crippen LogP contribution is 2.27. The predicted molar refractivity (Wildman–Crippen MR) is 94.8 cm³/mol. The molecule has 0 aromatic heterocycles. The summed E-state index contributed by atoms with van der Waals surface area (Å²) in [5.41, 5.74) is 7.31. The van der Waals surface area contributed by atoms with Gasteiger partial charge in [0.2, 0.25) is 0 Å². The summed E-state index contributed by atoms with van der Waals surface area (Å²) >= 11 is 0. The van der Waals surface area contributed by atoms with Crippen LogP contribution in [0.1, 0.15) is 11.1 Å². The van der Waals surface area contributed by atoms with Crippen LogP contribution in [0, 0.1) is 10.1 Å². The molecule has 2 aromatic rings. The Bertz CT molecular complexity index is 777. The summed E-state index contributed by atoms with van der Waals surface area (Å²) in [4.78, 5) is 14.8. The van der Waals surface area contributed by atoms with E-state index in [0.717, 1.165) is 5.56 Å². The summed E-state index contributed by atoms with van der Waals surface area (Å²) < 4.78 is 10.4.